The first-order valence-corrected chi connectivity index (χ1v) is 12.5. The van der Waals surface area contributed by atoms with Crippen LogP contribution in [0.2, 0.25) is 5.02 Å². The van der Waals surface area contributed by atoms with Crippen LogP contribution in [0.5, 0.6) is 23.1 Å². The van der Waals surface area contributed by atoms with Crippen LogP contribution in [0.4, 0.5) is 5.82 Å². The molecule has 0 bridgehead atoms. The Bertz CT molecular complexity index is 1090. The number of hydrogen-bond acceptors (Lipinski definition) is 10. The van der Waals surface area contributed by atoms with E-state index >= 15 is 0 Å². The van der Waals surface area contributed by atoms with E-state index in [1.54, 1.807) is 25.4 Å². The highest BCUT2D eigenvalue weighted by molar-refractivity contribution is 9.12. The van der Waals surface area contributed by atoms with Crippen molar-refractivity contribution in [1.29, 1.82) is 0 Å². The molecule has 1 heterocycles. The van der Waals surface area contributed by atoms with Gasteiger partial charge in [0.15, 0.2) is 5.82 Å². The molecule has 0 spiro atoms. The summed E-state index contributed by atoms with van der Waals surface area (Å²) in [5, 5.41) is 9.25. The van der Waals surface area contributed by atoms with Crippen LogP contribution in [0, 0.1) is 0 Å². The molecule has 15 heteroatoms. The fraction of sp³-hybridized carbons (Fsp3) is 0.350. The van der Waals surface area contributed by atoms with E-state index in [1.807, 2.05) is 0 Å². The highest BCUT2D eigenvalue weighted by atomic mass is 79.9. The standard InChI is InChI=1S/C16H21ClN4O7S.C4H6BrN/c1-25-7-5-20-29(23,24)21-15-14(16(19-10-18-15)27-8-6-22)28-13-9-11(26-2)3-4-12(13)17;1-4(5)3-6-2/h3-4,9-10,20,22H,5-8H2,1-2H3,(H,18,19,21);3H,1H2,2H3. The molecule has 0 atom stereocenters. The third-order valence-electron chi connectivity index (χ3n) is 3.55. The van der Waals surface area contributed by atoms with Crippen LogP contribution in [0.3, 0.4) is 0 Å². The van der Waals surface area contributed by atoms with Gasteiger partial charge >= 0.3 is 0 Å². The summed E-state index contributed by atoms with van der Waals surface area (Å²) < 4.78 is 50.9. The first-order valence-electron chi connectivity index (χ1n) is 9.80. The number of halogens is 2. The van der Waals surface area contributed by atoms with Gasteiger partial charge in [0.1, 0.15) is 24.4 Å². The number of anilines is 1. The van der Waals surface area contributed by atoms with Gasteiger partial charge < -0.3 is 24.1 Å². The van der Waals surface area contributed by atoms with E-state index in [1.165, 1.54) is 20.3 Å². The zero-order valence-electron chi connectivity index (χ0n) is 19.3. The summed E-state index contributed by atoms with van der Waals surface area (Å²) in [6.07, 6.45) is 2.72. The SMILES string of the molecule is C=C(Br)C=NC.COCCNS(=O)(=O)Nc1ncnc(OCCO)c1Oc1cc(OC)ccc1Cl. The second-order valence-electron chi connectivity index (χ2n) is 6.15. The van der Waals surface area contributed by atoms with Crippen LogP contribution in [0.25, 0.3) is 0 Å². The first-order chi connectivity index (χ1) is 16.7. The number of aliphatic hydroxyl groups excluding tert-OH is 1. The third-order valence-corrected chi connectivity index (χ3v) is 5.11. The maximum atomic E-state index is 12.3. The van der Waals surface area contributed by atoms with E-state index in [0.717, 1.165) is 10.8 Å². The molecule has 0 aliphatic carbocycles. The van der Waals surface area contributed by atoms with Crippen molar-refractivity contribution < 1.29 is 32.5 Å². The number of allylic oxidation sites excluding steroid dienone is 1. The minimum atomic E-state index is -3.99. The van der Waals surface area contributed by atoms with E-state index in [-0.39, 0.29) is 54.6 Å². The van der Waals surface area contributed by atoms with Crippen molar-refractivity contribution in [3.8, 4) is 23.1 Å². The number of ether oxygens (including phenoxy) is 4. The molecule has 12 nitrogen and oxygen atoms in total. The van der Waals surface area contributed by atoms with Crippen LogP contribution < -0.4 is 23.7 Å². The van der Waals surface area contributed by atoms with E-state index in [9.17, 15) is 8.42 Å². The molecular formula is C20H27BrClN5O7S. The van der Waals surface area contributed by atoms with Crippen molar-refractivity contribution in [3.63, 3.8) is 0 Å². The summed E-state index contributed by atoms with van der Waals surface area (Å²) in [4.78, 5) is 11.5. The Hall–Kier alpha value is -2.49. The lowest BCUT2D eigenvalue weighted by Gasteiger charge is -2.16. The van der Waals surface area contributed by atoms with Gasteiger partial charge in [-0.15, -0.1) is 0 Å². The maximum Gasteiger partial charge on any atom is 0.300 e. The Labute approximate surface area is 217 Å². The largest absolute Gasteiger partial charge is 0.497 e. The Morgan fingerprint density at radius 2 is 2.06 bits per heavy atom. The molecule has 1 aromatic heterocycles. The fourth-order valence-electron chi connectivity index (χ4n) is 2.15. The number of nitrogens with one attached hydrogen (secondary N) is 2. The zero-order chi connectivity index (χ0) is 26.3. The van der Waals surface area contributed by atoms with Gasteiger partial charge in [0.2, 0.25) is 5.75 Å². The van der Waals surface area contributed by atoms with Crippen molar-refractivity contribution >= 4 is 49.8 Å². The predicted molar refractivity (Wildman–Crippen MR) is 138 cm³/mol. The Morgan fingerprint density at radius 3 is 2.63 bits per heavy atom. The average molecular weight is 597 g/mol. The molecule has 194 valence electrons. The number of methoxy groups -OCH3 is 2. The molecule has 0 aliphatic heterocycles. The lowest BCUT2D eigenvalue weighted by molar-refractivity contribution is 0.192. The van der Waals surface area contributed by atoms with Gasteiger partial charge in [0.05, 0.1) is 25.3 Å². The molecule has 0 radical (unpaired) electrons. The lowest BCUT2D eigenvalue weighted by Crippen LogP contribution is -2.33. The van der Waals surface area contributed by atoms with Crippen molar-refractivity contribution in [2.45, 2.75) is 0 Å². The van der Waals surface area contributed by atoms with Gasteiger partial charge in [-0.3, -0.25) is 9.71 Å². The molecule has 0 saturated heterocycles. The molecule has 0 saturated carbocycles. The van der Waals surface area contributed by atoms with Gasteiger partial charge in [0, 0.05) is 37.5 Å². The van der Waals surface area contributed by atoms with E-state index < -0.39 is 10.2 Å². The smallest absolute Gasteiger partial charge is 0.300 e. The molecule has 0 fully saturated rings. The van der Waals surface area contributed by atoms with Gasteiger partial charge in [-0.1, -0.05) is 18.2 Å². The number of nitrogens with zero attached hydrogens (tertiary/aromatic N) is 3. The molecule has 3 N–H and O–H groups in total. The van der Waals surface area contributed by atoms with Crippen LogP contribution in [0.1, 0.15) is 0 Å². The van der Waals surface area contributed by atoms with Crippen LogP contribution in [0.15, 0.2) is 40.6 Å². The minimum absolute atomic E-state index is 0.0443. The van der Waals surface area contributed by atoms with Gasteiger partial charge in [-0.05, 0) is 28.1 Å². The van der Waals surface area contributed by atoms with Crippen LogP contribution in [-0.4, -0.2) is 77.3 Å². The molecule has 2 rings (SSSR count). The monoisotopic (exact) mass is 595 g/mol. The van der Waals surface area contributed by atoms with Crippen molar-refractivity contribution in [3.05, 3.63) is 40.6 Å². The van der Waals surface area contributed by atoms with Crippen LogP contribution >= 0.6 is 27.5 Å². The van der Waals surface area contributed by atoms with Crippen molar-refractivity contribution in [2.24, 2.45) is 4.99 Å². The third kappa shape index (κ3) is 11.7. The highest BCUT2D eigenvalue weighted by Gasteiger charge is 2.21. The summed E-state index contributed by atoms with van der Waals surface area (Å²) in [6, 6.07) is 4.67. The number of aliphatic hydroxyl groups is 1. The molecule has 0 unspecified atom stereocenters. The number of rotatable bonds is 13. The predicted octanol–water partition coefficient (Wildman–Crippen LogP) is 2.79. The molecule has 0 aliphatic rings. The van der Waals surface area contributed by atoms with Crippen molar-refractivity contribution in [2.75, 3.05) is 52.4 Å². The second kappa shape index (κ2) is 16.2. The molecule has 35 heavy (non-hydrogen) atoms. The fourth-order valence-corrected chi connectivity index (χ4v) is 3.33. The number of aromatic nitrogens is 2. The minimum Gasteiger partial charge on any atom is -0.497 e. The summed E-state index contributed by atoms with van der Waals surface area (Å²) in [7, 11) is 0.623. The normalized spacial score (nSPS) is 10.9. The Morgan fingerprint density at radius 1 is 1.31 bits per heavy atom. The van der Waals surface area contributed by atoms with E-state index in [0.29, 0.717) is 5.75 Å². The summed E-state index contributed by atoms with van der Waals surface area (Å²) in [5.74, 6) is 0.178. The topological polar surface area (TPSA) is 153 Å². The maximum absolute atomic E-state index is 12.3. The summed E-state index contributed by atoms with van der Waals surface area (Å²) in [5.41, 5.74) is 0. The van der Waals surface area contributed by atoms with E-state index in [2.05, 4.69) is 46.9 Å². The zero-order valence-corrected chi connectivity index (χ0v) is 22.5. The molecule has 2 aromatic rings. The van der Waals surface area contributed by atoms with Gasteiger partial charge in [-0.25, -0.2) is 4.98 Å². The molecular weight excluding hydrogens is 570 g/mol. The van der Waals surface area contributed by atoms with Gasteiger partial charge in [0.25, 0.3) is 16.1 Å². The van der Waals surface area contributed by atoms with Crippen molar-refractivity contribution in [1.82, 2.24) is 14.7 Å². The summed E-state index contributed by atoms with van der Waals surface area (Å²) in [6.45, 7) is 3.35. The quantitative estimate of drug-likeness (QED) is 0.234. The lowest BCUT2D eigenvalue weighted by atomic mass is 10.3. The molecule has 1 aromatic carbocycles. The number of hydrogen-bond donors (Lipinski definition) is 3. The summed E-state index contributed by atoms with van der Waals surface area (Å²) >= 11 is 9.25. The van der Waals surface area contributed by atoms with Gasteiger partial charge in [-0.2, -0.15) is 18.1 Å². The Balaban J connectivity index is 0.000000905. The van der Waals surface area contributed by atoms with E-state index in [4.69, 9.17) is 35.7 Å². The highest BCUT2D eigenvalue weighted by Crippen LogP contribution is 2.39. The van der Waals surface area contributed by atoms with Crippen LogP contribution in [-0.2, 0) is 14.9 Å². The second-order valence-corrected chi connectivity index (χ2v) is 9.08. The molecule has 0 amide bonds. The Kier molecular flexibility index (Phi) is 14.2. The average Bonchev–Trinajstić information content (AvgIpc) is 2.80. The number of benzene rings is 1. The first kappa shape index (κ1) is 30.5. The number of aliphatic imine (C=N–C) groups is 1.